The second-order valence-corrected chi connectivity index (χ2v) is 4.40. The van der Waals surface area contributed by atoms with Gasteiger partial charge in [0.15, 0.2) is 0 Å². The lowest BCUT2D eigenvalue weighted by Gasteiger charge is -2.14. The summed E-state index contributed by atoms with van der Waals surface area (Å²) in [6, 6.07) is 13.4. The van der Waals surface area contributed by atoms with Crippen LogP contribution in [0.5, 0.6) is 5.75 Å². The van der Waals surface area contributed by atoms with Crippen LogP contribution in [0.15, 0.2) is 41.8 Å². The van der Waals surface area contributed by atoms with Crippen LogP contribution in [-0.2, 0) is 0 Å². The van der Waals surface area contributed by atoms with Crippen molar-refractivity contribution in [2.24, 2.45) is 0 Å². The molecule has 1 unspecified atom stereocenters. The Kier molecular flexibility index (Phi) is 3.63. The zero-order chi connectivity index (χ0) is 12.1. The van der Waals surface area contributed by atoms with Gasteiger partial charge in [-0.05, 0) is 23.6 Å². The van der Waals surface area contributed by atoms with E-state index >= 15 is 0 Å². The highest BCUT2D eigenvalue weighted by Crippen LogP contribution is 2.29. The van der Waals surface area contributed by atoms with Gasteiger partial charge in [-0.15, -0.1) is 11.3 Å². The molecule has 1 aromatic carbocycles. The molecule has 1 atom stereocenters. The molecule has 0 aliphatic carbocycles. The molecular weight excluding hydrogens is 232 g/mol. The highest BCUT2D eigenvalue weighted by Gasteiger charge is 2.13. The minimum Gasteiger partial charge on any atom is -0.495 e. The average molecular weight is 244 g/mol. The molecule has 4 heteroatoms. The fourth-order valence-corrected chi connectivity index (χ4v) is 2.26. The van der Waals surface area contributed by atoms with Gasteiger partial charge in [0, 0.05) is 4.88 Å². The van der Waals surface area contributed by atoms with Gasteiger partial charge in [-0.25, -0.2) is 0 Å². The van der Waals surface area contributed by atoms with E-state index in [1.54, 1.807) is 18.4 Å². The first-order chi connectivity index (χ1) is 8.35. The van der Waals surface area contributed by atoms with E-state index in [2.05, 4.69) is 11.4 Å². The summed E-state index contributed by atoms with van der Waals surface area (Å²) in [4.78, 5) is 0.999. The van der Waals surface area contributed by atoms with Crippen LogP contribution in [0, 0.1) is 11.3 Å². The Hall–Kier alpha value is -1.99. The Morgan fingerprint density at radius 1 is 1.29 bits per heavy atom. The summed E-state index contributed by atoms with van der Waals surface area (Å²) in [5.74, 6) is 0.740. The standard InChI is InChI=1S/C13H12N2OS/c1-16-12-6-3-2-5-10(12)15-11(9-14)13-7-4-8-17-13/h2-8,11,15H,1H3. The normalized spacial score (nSPS) is 11.5. The van der Waals surface area contributed by atoms with Crippen LogP contribution in [0.3, 0.4) is 0 Å². The van der Waals surface area contributed by atoms with E-state index in [9.17, 15) is 5.26 Å². The molecule has 0 amide bonds. The zero-order valence-corrected chi connectivity index (χ0v) is 10.2. The number of rotatable bonds is 4. The monoisotopic (exact) mass is 244 g/mol. The number of ether oxygens (including phenoxy) is 1. The van der Waals surface area contributed by atoms with Crippen molar-refractivity contribution in [3.63, 3.8) is 0 Å². The van der Waals surface area contributed by atoms with Gasteiger partial charge in [-0.2, -0.15) is 5.26 Å². The lowest BCUT2D eigenvalue weighted by atomic mass is 10.2. The van der Waals surface area contributed by atoms with Gasteiger partial charge in [-0.3, -0.25) is 0 Å². The van der Waals surface area contributed by atoms with Crippen LogP contribution >= 0.6 is 11.3 Å². The molecule has 0 bridgehead atoms. The van der Waals surface area contributed by atoms with E-state index in [0.717, 1.165) is 16.3 Å². The number of anilines is 1. The molecule has 0 aliphatic heterocycles. The highest BCUT2D eigenvalue weighted by atomic mass is 32.1. The number of hydrogen-bond acceptors (Lipinski definition) is 4. The second-order valence-electron chi connectivity index (χ2n) is 3.42. The maximum absolute atomic E-state index is 9.18. The first kappa shape index (κ1) is 11.5. The van der Waals surface area contributed by atoms with Gasteiger partial charge in [0.2, 0.25) is 0 Å². The maximum atomic E-state index is 9.18. The van der Waals surface area contributed by atoms with E-state index in [1.807, 2.05) is 41.8 Å². The molecule has 0 fully saturated rings. The summed E-state index contributed by atoms with van der Waals surface area (Å²) in [5, 5.41) is 14.3. The van der Waals surface area contributed by atoms with Crippen LogP contribution < -0.4 is 10.1 Å². The molecule has 1 aromatic heterocycles. The Morgan fingerprint density at radius 2 is 2.12 bits per heavy atom. The summed E-state index contributed by atoms with van der Waals surface area (Å²) in [7, 11) is 1.62. The first-order valence-corrected chi connectivity index (χ1v) is 6.05. The van der Waals surface area contributed by atoms with Crippen LogP contribution in [0.1, 0.15) is 10.9 Å². The van der Waals surface area contributed by atoms with Crippen molar-refractivity contribution in [2.45, 2.75) is 6.04 Å². The summed E-state index contributed by atoms with van der Waals surface area (Å²) in [5.41, 5.74) is 0.829. The van der Waals surface area contributed by atoms with Crippen LogP contribution in [0.4, 0.5) is 5.69 Å². The van der Waals surface area contributed by atoms with Crippen molar-refractivity contribution in [2.75, 3.05) is 12.4 Å². The second kappa shape index (κ2) is 5.37. The van der Waals surface area contributed by atoms with Gasteiger partial charge < -0.3 is 10.1 Å². The van der Waals surface area contributed by atoms with Gasteiger partial charge >= 0.3 is 0 Å². The van der Waals surface area contributed by atoms with Crippen LogP contribution in [-0.4, -0.2) is 7.11 Å². The van der Waals surface area contributed by atoms with E-state index in [-0.39, 0.29) is 6.04 Å². The first-order valence-electron chi connectivity index (χ1n) is 5.17. The molecule has 86 valence electrons. The molecule has 1 heterocycles. The maximum Gasteiger partial charge on any atom is 0.149 e. The molecule has 0 radical (unpaired) electrons. The smallest absolute Gasteiger partial charge is 0.149 e. The number of methoxy groups -OCH3 is 1. The Bertz CT molecular complexity index is 516. The molecule has 1 N–H and O–H groups in total. The molecule has 17 heavy (non-hydrogen) atoms. The van der Waals surface area contributed by atoms with Crippen LogP contribution in [0.2, 0.25) is 0 Å². The third-order valence-corrected chi connectivity index (χ3v) is 3.30. The SMILES string of the molecule is COc1ccccc1NC(C#N)c1cccs1. The van der Waals surface area contributed by atoms with Crippen molar-refractivity contribution in [1.82, 2.24) is 0 Å². The highest BCUT2D eigenvalue weighted by molar-refractivity contribution is 7.10. The molecule has 3 nitrogen and oxygen atoms in total. The number of para-hydroxylation sites is 2. The molecule has 0 saturated heterocycles. The zero-order valence-electron chi connectivity index (χ0n) is 9.38. The van der Waals surface area contributed by atoms with Crippen molar-refractivity contribution >= 4 is 17.0 Å². The van der Waals surface area contributed by atoms with Gasteiger partial charge in [0.05, 0.1) is 18.9 Å². The number of nitrogens with one attached hydrogen (secondary N) is 1. The van der Waals surface area contributed by atoms with Crippen molar-refractivity contribution in [3.05, 3.63) is 46.7 Å². The Labute approximate surface area is 104 Å². The Morgan fingerprint density at radius 3 is 2.76 bits per heavy atom. The third-order valence-electron chi connectivity index (χ3n) is 2.36. The topological polar surface area (TPSA) is 45.0 Å². The Balaban J connectivity index is 2.22. The predicted molar refractivity (Wildman–Crippen MR) is 69.3 cm³/mol. The van der Waals surface area contributed by atoms with E-state index in [1.165, 1.54) is 0 Å². The number of nitriles is 1. The largest absolute Gasteiger partial charge is 0.495 e. The van der Waals surface area contributed by atoms with Crippen molar-refractivity contribution in [1.29, 1.82) is 5.26 Å². The van der Waals surface area contributed by atoms with E-state index < -0.39 is 0 Å². The molecule has 0 aliphatic rings. The van der Waals surface area contributed by atoms with Gasteiger partial charge in [0.25, 0.3) is 0 Å². The van der Waals surface area contributed by atoms with Gasteiger partial charge in [0.1, 0.15) is 11.8 Å². The van der Waals surface area contributed by atoms with Crippen molar-refractivity contribution in [3.8, 4) is 11.8 Å². The lowest BCUT2D eigenvalue weighted by molar-refractivity contribution is 0.416. The molecule has 0 saturated carbocycles. The minimum atomic E-state index is -0.341. The molecule has 2 aromatic rings. The fourth-order valence-electron chi connectivity index (χ4n) is 1.54. The van der Waals surface area contributed by atoms with E-state index in [4.69, 9.17) is 4.74 Å². The van der Waals surface area contributed by atoms with E-state index in [0.29, 0.717) is 0 Å². The summed E-state index contributed by atoms with van der Waals surface area (Å²) < 4.78 is 5.24. The lowest BCUT2D eigenvalue weighted by Crippen LogP contribution is -2.07. The molecule has 0 spiro atoms. The minimum absolute atomic E-state index is 0.341. The quantitative estimate of drug-likeness (QED) is 0.896. The number of thiophene rings is 1. The van der Waals surface area contributed by atoms with Gasteiger partial charge in [-0.1, -0.05) is 18.2 Å². The third kappa shape index (κ3) is 2.58. The summed E-state index contributed by atoms with van der Waals surface area (Å²) in [6.07, 6.45) is 0. The van der Waals surface area contributed by atoms with Crippen LogP contribution in [0.25, 0.3) is 0 Å². The number of nitrogens with zero attached hydrogens (tertiary/aromatic N) is 1. The summed E-state index contributed by atoms with van der Waals surface area (Å²) >= 11 is 1.56. The average Bonchev–Trinajstić information content (AvgIpc) is 2.90. The van der Waals surface area contributed by atoms with Crippen molar-refractivity contribution < 1.29 is 4.74 Å². The number of benzene rings is 1. The summed E-state index contributed by atoms with van der Waals surface area (Å²) in [6.45, 7) is 0. The fraction of sp³-hybridized carbons (Fsp3) is 0.154. The number of hydrogen-bond donors (Lipinski definition) is 1. The molecule has 2 rings (SSSR count). The predicted octanol–water partition coefficient (Wildman–Crippen LogP) is 3.43. The molecular formula is C13H12N2OS.